The molecule has 3 heterocycles. The molecule has 3 aromatic rings. The summed E-state index contributed by atoms with van der Waals surface area (Å²) >= 11 is 15.0. The molecule has 164 valence electrons. The van der Waals surface area contributed by atoms with Gasteiger partial charge in [-0.1, -0.05) is 41.9 Å². The molecule has 1 atom stereocenters. The van der Waals surface area contributed by atoms with Gasteiger partial charge in [-0.2, -0.15) is 0 Å². The fourth-order valence-electron chi connectivity index (χ4n) is 3.35. The van der Waals surface area contributed by atoms with Crippen molar-refractivity contribution in [2.75, 3.05) is 17.7 Å². The number of halogens is 2. The monoisotopic (exact) mass is 496 g/mol. The predicted molar refractivity (Wildman–Crippen MR) is 128 cm³/mol. The number of benzene rings is 1. The van der Waals surface area contributed by atoms with Gasteiger partial charge in [-0.05, 0) is 43.5 Å². The first-order valence-electron chi connectivity index (χ1n) is 10.0. The van der Waals surface area contributed by atoms with Crippen molar-refractivity contribution < 1.29 is 9.53 Å². The molecule has 10 heteroatoms. The summed E-state index contributed by atoms with van der Waals surface area (Å²) in [6.45, 7) is 3.60. The molecule has 0 aliphatic carbocycles. The number of hydrogen-bond acceptors (Lipinski definition) is 6. The van der Waals surface area contributed by atoms with Gasteiger partial charge in [0.25, 0.3) is 0 Å². The third-order valence-electron chi connectivity index (χ3n) is 4.92. The van der Waals surface area contributed by atoms with E-state index in [4.69, 9.17) is 27.9 Å². The second-order valence-electron chi connectivity index (χ2n) is 7.17. The molecule has 6 nitrogen and oxygen atoms in total. The van der Waals surface area contributed by atoms with Gasteiger partial charge in [-0.25, -0.2) is 0 Å². The first-order valence-corrected chi connectivity index (χ1v) is 12.7. The summed E-state index contributed by atoms with van der Waals surface area (Å²) in [6.07, 6.45) is 3.21. The predicted octanol–water partition coefficient (Wildman–Crippen LogP) is 5.79. The number of aryl methyl sites for hydroxylation is 1. The Kier molecular flexibility index (Phi) is 7.55. The van der Waals surface area contributed by atoms with Crippen molar-refractivity contribution >= 4 is 57.9 Å². The topological polar surface area (TPSA) is 69.0 Å². The van der Waals surface area contributed by atoms with Crippen LogP contribution in [-0.2, 0) is 22.5 Å². The van der Waals surface area contributed by atoms with Crippen LogP contribution in [0.3, 0.4) is 0 Å². The van der Waals surface area contributed by atoms with Gasteiger partial charge in [0, 0.05) is 28.1 Å². The molecule has 1 N–H and O–H groups in total. The molecule has 1 aromatic carbocycles. The molecule has 2 aromatic heterocycles. The van der Waals surface area contributed by atoms with E-state index in [1.54, 1.807) is 29.5 Å². The van der Waals surface area contributed by atoms with E-state index >= 15 is 0 Å². The molecule has 0 saturated carbocycles. The van der Waals surface area contributed by atoms with Gasteiger partial charge in [0.2, 0.25) is 5.91 Å². The maximum absolute atomic E-state index is 12.5. The number of carbonyl (C=O) groups excluding carboxylic acids is 1. The molecule has 1 aliphatic rings. The van der Waals surface area contributed by atoms with Crippen LogP contribution in [-0.4, -0.2) is 39.1 Å². The number of amides is 1. The molecule has 4 rings (SSSR count). The smallest absolute Gasteiger partial charge is 0.234 e. The first kappa shape index (κ1) is 22.6. The molecule has 1 aliphatic heterocycles. The number of carbonyl (C=O) groups is 1. The molecule has 1 saturated heterocycles. The fourth-order valence-corrected chi connectivity index (χ4v) is 5.21. The lowest BCUT2D eigenvalue weighted by atomic mass is 10.2. The maximum Gasteiger partial charge on any atom is 0.234 e. The number of hydrogen-bond donors (Lipinski definition) is 1. The number of rotatable bonds is 8. The lowest BCUT2D eigenvalue weighted by Gasteiger charge is -2.14. The molecule has 0 bridgehead atoms. The molecule has 31 heavy (non-hydrogen) atoms. The molecule has 1 unspecified atom stereocenters. The van der Waals surface area contributed by atoms with Crippen molar-refractivity contribution in [1.82, 2.24) is 14.8 Å². The third-order valence-corrected chi connectivity index (χ3v) is 7.71. The minimum absolute atomic E-state index is 0.142. The number of nitrogens with one attached hydrogen (secondary N) is 1. The molecule has 1 amide bonds. The van der Waals surface area contributed by atoms with E-state index in [0.29, 0.717) is 27.4 Å². The van der Waals surface area contributed by atoms with Gasteiger partial charge in [-0.15, -0.1) is 21.5 Å². The van der Waals surface area contributed by atoms with E-state index in [0.717, 1.165) is 37.3 Å². The normalized spacial score (nSPS) is 16.0. The molecular formula is C21H22Cl2N4O2S2. The van der Waals surface area contributed by atoms with Crippen molar-refractivity contribution in [3.63, 3.8) is 0 Å². The zero-order valence-electron chi connectivity index (χ0n) is 16.9. The van der Waals surface area contributed by atoms with Gasteiger partial charge < -0.3 is 10.1 Å². The van der Waals surface area contributed by atoms with Crippen molar-refractivity contribution in [3.05, 3.63) is 44.6 Å². The zero-order chi connectivity index (χ0) is 21.8. The lowest BCUT2D eigenvalue weighted by Crippen LogP contribution is -2.18. The van der Waals surface area contributed by atoms with Crippen molar-refractivity contribution in [3.8, 4) is 11.4 Å². The number of thiophene rings is 1. The highest BCUT2D eigenvalue weighted by molar-refractivity contribution is 7.99. The zero-order valence-corrected chi connectivity index (χ0v) is 20.1. The van der Waals surface area contributed by atoms with Gasteiger partial charge in [0.1, 0.15) is 0 Å². The summed E-state index contributed by atoms with van der Waals surface area (Å²) in [5, 5.41) is 15.3. The van der Waals surface area contributed by atoms with Crippen molar-refractivity contribution in [2.45, 2.75) is 44.0 Å². The van der Waals surface area contributed by atoms with Gasteiger partial charge in [0.05, 0.1) is 28.4 Å². The van der Waals surface area contributed by atoms with Crippen LogP contribution in [0.1, 0.15) is 24.6 Å². The highest BCUT2D eigenvalue weighted by atomic mass is 35.5. The van der Waals surface area contributed by atoms with E-state index in [9.17, 15) is 4.79 Å². The van der Waals surface area contributed by atoms with Crippen LogP contribution < -0.4 is 5.32 Å². The van der Waals surface area contributed by atoms with E-state index in [2.05, 4.69) is 38.5 Å². The summed E-state index contributed by atoms with van der Waals surface area (Å²) in [5.41, 5.74) is 1.66. The SMILES string of the molecule is CCc1cc(-c2nnc(SCC(=O)Nc3ccc(Cl)c(Cl)c3)n2CC2CCCO2)cs1. The summed E-state index contributed by atoms with van der Waals surface area (Å²) < 4.78 is 7.92. The van der Waals surface area contributed by atoms with Crippen LogP contribution in [0.25, 0.3) is 11.4 Å². The standard InChI is InChI=1S/C21H22Cl2N4O2S2/c1-2-16-8-13(11-30-16)20-25-26-21(27(20)10-15-4-3-7-29-15)31-12-19(28)24-14-5-6-17(22)18(23)9-14/h5-6,8-9,11,15H,2-4,7,10,12H2,1H3,(H,24,28). The van der Waals surface area contributed by atoms with E-state index in [-0.39, 0.29) is 17.8 Å². The van der Waals surface area contributed by atoms with Crippen LogP contribution in [0.5, 0.6) is 0 Å². The van der Waals surface area contributed by atoms with Crippen LogP contribution in [0, 0.1) is 0 Å². The third kappa shape index (κ3) is 5.62. The Labute approximate surface area is 199 Å². The fraction of sp³-hybridized carbons (Fsp3) is 0.381. The van der Waals surface area contributed by atoms with Crippen LogP contribution in [0.2, 0.25) is 10.0 Å². The van der Waals surface area contributed by atoms with Crippen LogP contribution in [0.4, 0.5) is 5.69 Å². The highest BCUT2D eigenvalue weighted by Crippen LogP contribution is 2.30. The van der Waals surface area contributed by atoms with E-state index in [1.165, 1.54) is 16.6 Å². The second kappa shape index (κ2) is 10.4. The average Bonchev–Trinajstić information content (AvgIpc) is 3.51. The average molecular weight is 497 g/mol. The molecule has 0 spiro atoms. The summed E-state index contributed by atoms with van der Waals surface area (Å²) in [5.74, 6) is 0.868. The number of aromatic nitrogens is 3. The Bertz CT molecular complexity index is 1060. The number of anilines is 1. The summed E-state index contributed by atoms with van der Waals surface area (Å²) in [6, 6.07) is 7.16. The summed E-state index contributed by atoms with van der Waals surface area (Å²) in [4.78, 5) is 13.8. The van der Waals surface area contributed by atoms with Crippen LogP contribution in [0.15, 0.2) is 34.8 Å². The number of nitrogens with zero attached hydrogens (tertiary/aromatic N) is 3. The Morgan fingerprint density at radius 1 is 1.32 bits per heavy atom. The number of ether oxygens (including phenoxy) is 1. The second-order valence-corrected chi connectivity index (χ2v) is 9.93. The van der Waals surface area contributed by atoms with Gasteiger partial charge in [0.15, 0.2) is 11.0 Å². The quantitative estimate of drug-likeness (QED) is 0.399. The first-order chi connectivity index (χ1) is 15.0. The Balaban J connectivity index is 1.48. The Morgan fingerprint density at radius 2 is 2.19 bits per heavy atom. The van der Waals surface area contributed by atoms with E-state index < -0.39 is 0 Å². The van der Waals surface area contributed by atoms with Crippen molar-refractivity contribution in [1.29, 1.82) is 0 Å². The maximum atomic E-state index is 12.5. The van der Waals surface area contributed by atoms with Crippen molar-refractivity contribution in [2.24, 2.45) is 0 Å². The summed E-state index contributed by atoms with van der Waals surface area (Å²) in [7, 11) is 0. The molecule has 0 radical (unpaired) electrons. The minimum atomic E-state index is -0.152. The Hall–Kier alpha value is -1.58. The molecule has 1 fully saturated rings. The van der Waals surface area contributed by atoms with Crippen LogP contribution >= 0.6 is 46.3 Å². The Morgan fingerprint density at radius 3 is 2.90 bits per heavy atom. The lowest BCUT2D eigenvalue weighted by molar-refractivity contribution is -0.113. The highest BCUT2D eigenvalue weighted by Gasteiger charge is 2.22. The largest absolute Gasteiger partial charge is 0.376 e. The van der Waals surface area contributed by atoms with Gasteiger partial charge in [-0.3, -0.25) is 9.36 Å². The molecular weight excluding hydrogens is 475 g/mol. The number of thioether (sulfide) groups is 1. The van der Waals surface area contributed by atoms with E-state index in [1.807, 2.05) is 0 Å². The van der Waals surface area contributed by atoms with Gasteiger partial charge >= 0.3 is 0 Å². The minimum Gasteiger partial charge on any atom is -0.376 e.